The molecule has 0 bridgehead atoms. The third kappa shape index (κ3) is 2.93. The maximum atomic E-state index is 12.1. The Balaban J connectivity index is 1.87. The van der Waals surface area contributed by atoms with E-state index in [9.17, 15) is 4.79 Å². The lowest BCUT2D eigenvalue weighted by atomic mass is 9.90. The molecule has 4 nitrogen and oxygen atoms in total. The molecular weight excluding hydrogens is 228 g/mol. The van der Waals surface area contributed by atoms with Crippen LogP contribution in [0.5, 0.6) is 0 Å². The minimum atomic E-state index is -0.00750. The van der Waals surface area contributed by atoms with Crippen molar-refractivity contribution in [1.29, 1.82) is 0 Å². The number of hydrogen-bond donors (Lipinski definition) is 1. The molecule has 1 fully saturated rings. The van der Waals surface area contributed by atoms with Crippen LogP contribution in [-0.2, 0) is 0 Å². The smallest absolute Gasteiger partial charge is 0.289 e. The highest BCUT2D eigenvalue weighted by Gasteiger charge is 2.27. The first-order valence-corrected chi connectivity index (χ1v) is 6.76. The summed E-state index contributed by atoms with van der Waals surface area (Å²) in [6.07, 6.45) is 5.98. The van der Waals surface area contributed by atoms with E-state index >= 15 is 0 Å². The van der Waals surface area contributed by atoms with Crippen LogP contribution in [0.3, 0.4) is 0 Å². The quantitative estimate of drug-likeness (QED) is 0.891. The average molecular weight is 250 g/mol. The fourth-order valence-electron chi connectivity index (χ4n) is 2.70. The fraction of sp³-hybridized carbons (Fsp3) is 0.643. The molecule has 1 aromatic heterocycles. The molecule has 4 heteroatoms. The molecule has 1 heterocycles. The van der Waals surface area contributed by atoms with Crippen LogP contribution < -0.4 is 5.32 Å². The summed E-state index contributed by atoms with van der Waals surface area (Å²) >= 11 is 0. The highest BCUT2D eigenvalue weighted by Crippen LogP contribution is 2.23. The molecule has 0 aliphatic heterocycles. The largest absolute Gasteiger partial charge is 0.459 e. The summed E-state index contributed by atoms with van der Waals surface area (Å²) in [4.78, 5) is 14.0. The summed E-state index contributed by atoms with van der Waals surface area (Å²) in [5.74, 6) is 0.429. The normalized spacial score (nSPS) is 23.9. The van der Waals surface area contributed by atoms with Crippen molar-refractivity contribution in [2.45, 2.75) is 44.7 Å². The highest BCUT2D eigenvalue weighted by atomic mass is 16.3. The molecule has 100 valence electrons. The monoisotopic (exact) mass is 250 g/mol. The van der Waals surface area contributed by atoms with Crippen LogP contribution in [0.15, 0.2) is 22.8 Å². The van der Waals surface area contributed by atoms with Gasteiger partial charge in [0.1, 0.15) is 0 Å². The predicted octanol–water partition coefficient (Wildman–Crippen LogP) is 2.27. The Kier molecular flexibility index (Phi) is 4.42. The minimum absolute atomic E-state index is 0.00750. The molecule has 0 aromatic carbocycles. The van der Waals surface area contributed by atoms with Crippen LogP contribution in [0.2, 0.25) is 0 Å². The zero-order valence-electron chi connectivity index (χ0n) is 11.2. The topological polar surface area (TPSA) is 45.5 Å². The molecule has 0 unspecified atom stereocenters. The first-order valence-electron chi connectivity index (χ1n) is 6.76. The number of hydrogen-bond acceptors (Lipinski definition) is 3. The summed E-state index contributed by atoms with van der Waals surface area (Å²) in [6.45, 7) is 3.16. The van der Waals surface area contributed by atoms with Crippen molar-refractivity contribution >= 4 is 5.91 Å². The summed E-state index contributed by atoms with van der Waals surface area (Å²) in [7, 11) is 1.88. The van der Waals surface area contributed by atoms with Gasteiger partial charge in [-0.3, -0.25) is 4.79 Å². The SMILES string of the molecule is CCNC1CCC(N(C)C(=O)c2ccco2)CC1. The Morgan fingerprint density at radius 2 is 2.17 bits per heavy atom. The molecule has 1 amide bonds. The van der Waals surface area contributed by atoms with E-state index in [1.807, 2.05) is 11.9 Å². The predicted molar refractivity (Wildman–Crippen MR) is 70.5 cm³/mol. The van der Waals surface area contributed by atoms with Crippen LogP contribution in [0, 0.1) is 0 Å². The molecule has 18 heavy (non-hydrogen) atoms. The first kappa shape index (κ1) is 13.1. The van der Waals surface area contributed by atoms with Gasteiger partial charge < -0.3 is 14.6 Å². The van der Waals surface area contributed by atoms with Crippen LogP contribution in [-0.4, -0.2) is 36.5 Å². The number of nitrogens with zero attached hydrogens (tertiary/aromatic N) is 1. The van der Waals surface area contributed by atoms with Gasteiger partial charge in [0.15, 0.2) is 5.76 Å². The van der Waals surface area contributed by atoms with Crippen molar-refractivity contribution in [3.63, 3.8) is 0 Å². The lowest BCUT2D eigenvalue weighted by Crippen LogP contribution is -2.43. The van der Waals surface area contributed by atoms with Gasteiger partial charge in [-0.2, -0.15) is 0 Å². The van der Waals surface area contributed by atoms with Gasteiger partial charge in [0.05, 0.1) is 6.26 Å². The maximum absolute atomic E-state index is 12.1. The molecule has 1 aliphatic carbocycles. The first-order chi connectivity index (χ1) is 8.72. The molecule has 1 N–H and O–H groups in total. The van der Waals surface area contributed by atoms with E-state index in [1.165, 1.54) is 0 Å². The molecule has 1 aliphatic rings. The van der Waals surface area contributed by atoms with Crippen molar-refractivity contribution < 1.29 is 9.21 Å². The standard InChI is InChI=1S/C14H22N2O2/c1-3-15-11-6-8-12(9-7-11)16(2)14(17)13-5-4-10-18-13/h4-5,10-12,15H,3,6-9H2,1-2H3. The molecule has 0 atom stereocenters. The van der Waals surface area contributed by atoms with Crippen LogP contribution in [0.4, 0.5) is 0 Å². The Bertz CT molecular complexity index is 367. The second kappa shape index (κ2) is 6.05. The number of furan rings is 1. The van der Waals surface area contributed by atoms with Crippen LogP contribution in [0.1, 0.15) is 43.2 Å². The Morgan fingerprint density at radius 1 is 1.44 bits per heavy atom. The summed E-state index contributed by atoms with van der Waals surface area (Å²) < 4.78 is 5.16. The van der Waals surface area contributed by atoms with E-state index < -0.39 is 0 Å². The van der Waals surface area contributed by atoms with Crippen molar-refractivity contribution in [1.82, 2.24) is 10.2 Å². The van der Waals surface area contributed by atoms with Gasteiger partial charge >= 0.3 is 0 Å². The highest BCUT2D eigenvalue weighted by molar-refractivity contribution is 5.91. The van der Waals surface area contributed by atoms with Crippen molar-refractivity contribution in [2.75, 3.05) is 13.6 Å². The van der Waals surface area contributed by atoms with Crippen molar-refractivity contribution in [3.05, 3.63) is 24.2 Å². The van der Waals surface area contributed by atoms with Crippen molar-refractivity contribution in [2.24, 2.45) is 0 Å². The van der Waals surface area contributed by atoms with Crippen molar-refractivity contribution in [3.8, 4) is 0 Å². The summed E-state index contributed by atoms with van der Waals surface area (Å²) in [5.41, 5.74) is 0. The van der Waals surface area contributed by atoms with Gasteiger partial charge in [0.2, 0.25) is 0 Å². The molecule has 1 saturated carbocycles. The van der Waals surface area contributed by atoms with Crippen LogP contribution >= 0.6 is 0 Å². The van der Waals surface area contributed by atoms with E-state index in [-0.39, 0.29) is 5.91 Å². The summed E-state index contributed by atoms with van der Waals surface area (Å²) in [6, 6.07) is 4.45. The van der Waals surface area contributed by atoms with Gasteiger partial charge in [-0.15, -0.1) is 0 Å². The number of amides is 1. The molecule has 2 rings (SSSR count). The molecule has 0 spiro atoms. The summed E-state index contributed by atoms with van der Waals surface area (Å²) in [5, 5.41) is 3.48. The number of carbonyl (C=O) groups excluding carboxylic acids is 1. The van der Waals surface area contributed by atoms with E-state index in [2.05, 4.69) is 12.2 Å². The second-order valence-electron chi connectivity index (χ2n) is 4.96. The molecule has 1 aromatic rings. The third-order valence-electron chi connectivity index (χ3n) is 3.79. The zero-order valence-corrected chi connectivity index (χ0v) is 11.2. The third-order valence-corrected chi connectivity index (χ3v) is 3.79. The van der Waals surface area contributed by atoms with E-state index in [0.29, 0.717) is 17.8 Å². The van der Waals surface area contributed by atoms with Gasteiger partial charge in [-0.05, 0) is 44.4 Å². The second-order valence-corrected chi connectivity index (χ2v) is 4.96. The Labute approximate surface area is 108 Å². The Morgan fingerprint density at radius 3 is 2.72 bits per heavy atom. The fourth-order valence-corrected chi connectivity index (χ4v) is 2.70. The maximum Gasteiger partial charge on any atom is 0.289 e. The van der Waals surface area contributed by atoms with E-state index in [1.54, 1.807) is 18.4 Å². The van der Waals surface area contributed by atoms with E-state index in [0.717, 1.165) is 32.2 Å². The molecule has 0 radical (unpaired) electrons. The number of nitrogens with one attached hydrogen (secondary N) is 1. The van der Waals surface area contributed by atoms with Gasteiger partial charge in [0, 0.05) is 19.1 Å². The lowest BCUT2D eigenvalue weighted by Gasteiger charge is -2.34. The lowest BCUT2D eigenvalue weighted by molar-refractivity contribution is 0.0653. The Hall–Kier alpha value is -1.29. The van der Waals surface area contributed by atoms with Crippen LogP contribution in [0.25, 0.3) is 0 Å². The van der Waals surface area contributed by atoms with Gasteiger partial charge in [-0.25, -0.2) is 0 Å². The minimum Gasteiger partial charge on any atom is -0.459 e. The molecular formula is C14H22N2O2. The average Bonchev–Trinajstić information content (AvgIpc) is 2.92. The van der Waals surface area contributed by atoms with Gasteiger partial charge in [0.25, 0.3) is 5.91 Å². The zero-order chi connectivity index (χ0) is 13.0. The number of carbonyl (C=O) groups is 1. The molecule has 0 saturated heterocycles. The van der Waals surface area contributed by atoms with Gasteiger partial charge in [-0.1, -0.05) is 6.92 Å². The van der Waals surface area contributed by atoms with E-state index in [4.69, 9.17) is 4.42 Å². The number of rotatable bonds is 4.